The predicted molar refractivity (Wildman–Crippen MR) is 71.6 cm³/mol. The number of thiazole rings is 1. The molecule has 0 unspecified atom stereocenters. The molecule has 100 valence electrons. The zero-order chi connectivity index (χ0) is 13.7. The molecule has 2 N–H and O–H groups in total. The molecule has 0 fully saturated rings. The van der Waals surface area contributed by atoms with Crippen molar-refractivity contribution in [1.29, 1.82) is 0 Å². The Morgan fingerprint density at radius 1 is 1.47 bits per heavy atom. The molecule has 2 rings (SSSR count). The lowest BCUT2D eigenvalue weighted by atomic mass is 10.2. The van der Waals surface area contributed by atoms with Gasteiger partial charge < -0.3 is 10.6 Å². The molecule has 0 spiro atoms. The van der Waals surface area contributed by atoms with Crippen LogP contribution in [-0.4, -0.2) is 22.4 Å². The van der Waals surface area contributed by atoms with Gasteiger partial charge in [-0.25, -0.2) is 14.4 Å². The van der Waals surface area contributed by atoms with E-state index in [1.54, 1.807) is 6.20 Å². The second-order valence-corrected chi connectivity index (χ2v) is 4.67. The van der Waals surface area contributed by atoms with Crippen LogP contribution in [-0.2, 0) is 6.54 Å². The number of hydrogen-bond acceptors (Lipinski definition) is 5. The first-order valence-electron chi connectivity index (χ1n) is 5.76. The van der Waals surface area contributed by atoms with Crippen LogP contribution in [0.4, 0.5) is 10.2 Å². The third-order valence-corrected chi connectivity index (χ3v) is 3.11. The summed E-state index contributed by atoms with van der Waals surface area (Å²) in [7, 11) is 0. The molecule has 0 aromatic carbocycles. The molecular formula is C12H13FN4OS. The summed E-state index contributed by atoms with van der Waals surface area (Å²) in [6.07, 6.45) is 2.75. The van der Waals surface area contributed by atoms with Crippen LogP contribution >= 0.6 is 11.3 Å². The topological polar surface area (TPSA) is 66.9 Å². The first-order chi connectivity index (χ1) is 9.20. The molecule has 0 saturated carbocycles. The fourth-order valence-corrected chi connectivity index (χ4v) is 2.07. The summed E-state index contributed by atoms with van der Waals surface area (Å²) >= 11 is 1.45. The lowest BCUT2D eigenvalue weighted by Gasteiger charge is -2.09. The third-order valence-electron chi connectivity index (χ3n) is 2.33. The van der Waals surface area contributed by atoms with Crippen molar-refractivity contribution in [3.63, 3.8) is 0 Å². The molecule has 1 amide bonds. The molecule has 0 saturated heterocycles. The highest BCUT2D eigenvalue weighted by Crippen LogP contribution is 2.14. The zero-order valence-electron chi connectivity index (χ0n) is 10.3. The quantitative estimate of drug-likeness (QED) is 0.879. The lowest BCUT2D eigenvalue weighted by Crippen LogP contribution is -2.24. The van der Waals surface area contributed by atoms with E-state index < -0.39 is 5.82 Å². The van der Waals surface area contributed by atoms with E-state index in [-0.39, 0.29) is 11.5 Å². The minimum absolute atomic E-state index is 0.193. The zero-order valence-corrected chi connectivity index (χ0v) is 11.1. The molecule has 19 heavy (non-hydrogen) atoms. The first-order valence-corrected chi connectivity index (χ1v) is 6.64. The first kappa shape index (κ1) is 13.4. The Kier molecular flexibility index (Phi) is 4.40. The maximum Gasteiger partial charge on any atom is 0.255 e. The van der Waals surface area contributed by atoms with Gasteiger partial charge >= 0.3 is 0 Å². The Bertz CT molecular complexity index is 559. The maximum absolute atomic E-state index is 13.2. The molecular weight excluding hydrogens is 267 g/mol. The van der Waals surface area contributed by atoms with Gasteiger partial charge in [0.15, 0.2) is 0 Å². The summed E-state index contributed by atoms with van der Waals surface area (Å²) in [6.45, 7) is 2.80. The molecule has 5 nitrogen and oxygen atoms in total. The minimum Gasteiger partial charge on any atom is -0.370 e. The standard InChI is InChI=1S/C12H13FN4OS/c1-2-14-11-9(5-8(13)6-16-11)12(18)17-7-10-15-3-4-19-10/h3-6H,2,7H2,1H3,(H,14,16)(H,17,18). The Balaban J connectivity index is 2.11. The van der Waals surface area contributed by atoms with Gasteiger partial charge in [0, 0.05) is 18.1 Å². The number of carbonyl (C=O) groups is 1. The highest BCUT2D eigenvalue weighted by Gasteiger charge is 2.13. The number of rotatable bonds is 5. The molecule has 0 aliphatic heterocycles. The highest BCUT2D eigenvalue weighted by molar-refractivity contribution is 7.09. The van der Waals surface area contributed by atoms with E-state index in [0.717, 1.165) is 11.2 Å². The largest absolute Gasteiger partial charge is 0.370 e. The van der Waals surface area contributed by atoms with Crippen LogP contribution in [0.3, 0.4) is 0 Å². The van der Waals surface area contributed by atoms with Crippen LogP contribution < -0.4 is 10.6 Å². The van der Waals surface area contributed by atoms with Crippen molar-refractivity contribution in [2.45, 2.75) is 13.5 Å². The third kappa shape index (κ3) is 3.47. The van der Waals surface area contributed by atoms with Gasteiger partial charge in [0.25, 0.3) is 5.91 Å². The van der Waals surface area contributed by atoms with Gasteiger partial charge in [-0.2, -0.15) is 0 Å². The molecule has 0 aliphatic rings. The van der Waals surface area contributed by atoms with Gasteiger partial charge in [-0.3, -0.25) is 4.79 Å². The fraction of sp³-hybridized carbons (Fsp3) is 0.250. The van der Waals surface area contributed by atoms with E-state index in [9.17, 15) is 9.18 Å². The maximum atomic E-state index is 13.2. The summed E-state index contributed by atoms with van der Waals surface area (Å²) < 4.78 is 13.2. The monoisotopic (exact) mass is 280 g/mol. The highest BCUT2D eigenvalue weighted by atomic mass is 32.1. The van der Waals surface area contributed by atoms with Gasteiger partial charge in [0.2, 0.25) is 0 Å². The fourth-order valence-electron chi connectivity index (χ4n) is 1.51. The van der Waals surface area contributed by atoms with Crippen LogP contribution in [0.1, 0.15) is 22.3 Å². The van der Waals surface area contributed by atoms with Gasteiger partial charge in [0.1, 0.15) is 16.6 Å². The Hall–Kier alpha value is -2.02. The molecule has 0 radical (unpaired) electrons. The van der Waals surface area contributed by atoms with Crippen LogP contribution in [0.15, 0.2) is 23.8 Å². The van der Waals surface area contributed by atoms with Crippen LogP contribution in [0, 0.1) is 5.82 Å². The van der Waals surface area contributed by atoms with Crippen molar-refractivity contribution in [3.8, 4) is 0 Å². The van der Waals surface area contributed by atoms with Crippen LogP contribution in [0.25, 0.3) is 0 Å². The molecule has 0 bridgehead atoms. The van der Waals surface area contributed by atoms with E-state index >= 15 is 0 Å². The minimum atomic E-state index is -0.541. The lowest BCUT2D eigenvalue weighted by molar-refractivity contribution is 0.0951. The summed E-state index contributed by atoms with van der Waals surface area (Å²) in [6, 6.07) is 1.17. The van der Waals surface area contributed by atoms with Gasteiger partial charge in [-0.05, 0) is 13.0 Å². The van der Waals surface area contributed by atoms with Gasteiger partial charge in [-0.15, -0.1) is 11.3 Å². The number of pyridine rings is 1. The normalized spacial score (nSPS) is 10.2. The van der Waals surface area contributed by atoms with Crippen molar-refractivity contribution >= 4 is 23.1 Å². The Morgan fingerprint density at radius 2 is 2.32 bits per heavy atom. The molecule has 0 atom stereocenters. The molecule has 2 aromatic heterocycles. The smallest absolute Gasteiger partial charge is 0.255 e. The van der Waals surface area contributed by atoms with Crippen molar-refractivity contribution in [1.82, 2.24) is 15.3 Å². The Labute approximate surface area is 113 Å². The van der Waals surface area contributed by atoms with E-state index in [1.165, 1.54) is 17.4 Å². The number of carbonyl (C=O) groups excluding carboxylic acids is 1. The molecule has 2 heterocycles. The van der Waals surface area contributed by atoms with Crippen molar-refractivity contribution in [2.24, 2.45) is 0 Å². The van der Waals surface area contributed by atoms with Gasteiger partial charge in [0.05, 0.1) is 18.3 Å². The number of halogens is 1. The van der Waals surface area contributed by atoms with Crippen molar-refractivity contribution < 1.29 is 9.18 Å². The van der Waals surface area contributed by atoms with Crippen LogP contribution in [0.5, 0.6) is 0 Å². The summed E-state index contributed by atoms with van der Waals surface area (Å²) in [4.78, 5) is 19.9. The summed E-state index contributed by atoms with van der Waals surface area (Å²) in [5.74, 6) is -0.542. The van der Waals surface area contributed by atoms with E-state index in [1.807, 2.05) is 12.3 Å². The SMILES string of the molecule is CCNc1ncc(F)cc1C(=O)NCc1nccs1. The molecule has 7 heteroatoms. The second kappa shape index (κ2) is 6.24. The number of nitrogens with one attached hydrogen (secondary N) is 2. The summed E-state index contributed by atoms with van der Waals surface area (Å²) in [5.41, 5.74) is 0.193. The predicted octanol–water partition coefficient (Wildman–Crippen LogP) is 2.04. The van der Waals surface area contributed by atoms with Crippen LogP contribution in [0.2, 0.25) is 0 Å². The van der Waals surface area contributed by atoms with Crippen molar-refractivity contribution in [3.05, 3.63) is 40.2 Å². The van der Waals surface area contributed by atoms with E-state index in [4.69, 9.17) is 0 Å². The summed E-state index contributed by atoms with van der Waals surface area (Å²) in [5, 5.41) is 8.24. The number of anilines is 1. The van der Waals surface area contributed by atoms with Crippen molar-refractivity contribution in [2.75, 3.05) is 11.9 Å². The number of aromatic nitrogens is 2. The number of amides is 1. The molecule has 0 aliphatic carbocycles. The molecule has 2 aromatic rings. The number of hydrogen-bond donors (Lipinski definition) is 2. The second-order valence-electron chi connectivity index (χ2n) is 3.69. The Morgan fingerprint density at radius 3 is 3.00 bits per heavy atom. The number of nitrogens with zero attached hydrogens (tertiary/aromatic N) is 2. The average molecular weight is 280 g/mol. The van der Waals surface area contributed by atoms with E-state index in [0.29, 0.717) is 18.9 Å². The van der Waals surface area contributed by atoms with Gasteiger partial charge in [-0.1, -0.05) is 0 Å². The van der Waals surface area contributed by atoms with E-state index in [2.05, 4.69) is 20.6 Å². The average Bonchev–Trinajstić information content (AvgIpc) is 2.91.